The van der Waals surface area contributed by atoms with Crippen molar-refractivity contribution in [3.8, 4) is 0 Å². The highest BCUT2D eigenvalue weighted by atomic mass is 35.5. The first-order valence-corrected chi connectivity index (χ1v) is 3.39. The number of alkyl halides is 1. The van der Waals surface area contributed by atoms with Gasteiger partial charge in [-0.05, 0) is 0 Å². The molecule has 0 N–H and O–H groups in total. The van der Waals surface area contributed by atoms with E-state index in [1.54, 1.807) is 0 Å². The molecule has 3 atom stereocenters. The Bertz CT molecular complexity index is 146. The molecule has 0 saturated carbocycles. The molecule has 9 heavy (non-hydrogen) atoms. The van der Waals surface area contributed by atoms with E-state index in [9.17, 15) is 0 Å². The summed E-state index contributed by atoms with van der Waals surface area (Å²) in [5.74, 6) is 0. The van der Waals surface area contributed by atoms with Crippen molar-refractivity contribution in [2.75, 3.05) is 6.61 Å². The molecule has 0 amide bonds. The van der Waals surface area contributed by atoms with Crippen LogP contribution in [0.25, 0.3) is 0 Å². The standard InChI is InChI=1S/C6H7ClO2/c7-5-2-1-4-3-8-6(5)9-4/h1-2,4-6H,3H2/t4-,5-,6+/m0/s1. The first-order chi connectivity index (χ1) is 4.36. The van der Waals surface area contributed by atoms with Crippen LogP contribution in [0, 0.1) is 0 Å². The number of halogens is 1. The molecule has 0 aliphatic carbocycles. The molecule has 0 aromatic heterocycles. The molecule has 0 aromatic rings. The zero-order valence-electron chi connectivity index (χ0n) is 4.79. The van der Waals surface area contributed by atoms with Crippen molar-refractivity contribution in [3.05, 3.63) is 12.2 Å². The Morgan fingerprint density at radius 3 is 3.11 bits per heavy atom. The fourth-order valence-electron chi connectivity index (χ4n) is 1.03. The van der Waals surface area contributed by atoms with Crippen molar-refractivity contribution < 1.29 is 9.47 Å². The van der Waals surface area contributed by atoms with Gasteiger partial charge >= 0.3 is 0 Å². The quantitative estimate of drug-likeness (QED) is 0.374. The minimum absolute atomic E-state index is 0.0938. The molecule has 3 heteroatoms. The molecule has 1 fully saturated rings. The summed E-state index contributed by atoms with van der Waals surface area (Å²) >= 11 is 5.77. The molecule has 2 aliphatic heterocycles. The zero-order valence-corrected chi connectivity index (χ0v) is 5.54. The van der Waals surface area contributed by atoms with Crippen LogP contribution >= 0.6 is 11.6 Å². The lowest BCUT2D eigenvalue weighted by Crippen LogP contribution is -2.24. The Balaban J connectivity index is 2.19. The number of fused-ring (bicyclic) bond motifs is 2. The molecule has 0 unspecified atom stereocenters. The van der Waals surface area contributed by atoms with Crippen molar-refractivity contribution >= 4 is 11.6 Å². The van der Waals surface area contributed by atoms with Crippen LogP contribution in [-0.4, -0.2) is 24.4 Å². The number of hydrogen-bond donors (Lipinski definition) is 0. The lowest BCUT2D eigenvalue weighted by Gasteiger charge is -2.16. The molecule has 1 saturated heterocycles. The smallest absolute Gasteiger partial charge is 0.178 e. The molecule has 0 aromatic carbocycles. The fourth-order valence-corrected chi connectivity index (χ4v) is 1.25. The summed E-state index contributed by atoms with van der Waals surface area (Å²) in [5.41, 5.74) is 0. The Labute approximate surface area is 58.4 Å². The van der Waals surface area contributed by atoms with E-state index in [1.165, 1.54) is 0 Å². The Hall–Kier alpha value is -0.0500. The second kappa shape index (κ2) is 1.97. The van der Waals surface area contributed by atoms with E-state index in [0.717, 1.165) is 0 Å². The van der Waals surface area contributed by atoms with Gasteiger partial charge in [0, 0.05) is 0 Å². The normalized spacial score (nSPS) is 47.9. The van der Waals surface area contributed by atoms with Gasteiger partial charge in [-0.25, -0.2) is 0 Å². The Morgan fingerprint density at radius 1 is 1.44 bits per heavy atom. The second-order valence-electron chi connectivity index (χ2n) is 2.21. The van der Waals surface area contributed by atoms with E-state index in [2.05, 4.69) is 0 Å². The van der Waals surface area contributed by atoms with Crippen LogP contribution in [0.3, 0.4) is 0 Å². The maximum absolute atomic E-state index is 5.77. The van der Waals surface area contributed by atoms with Gasteiger partial charge in [-0.3, -0.25) is 0 Å². The molecular weight excluding hydrogens is 140 g/mol. The number of rotatable bonds is 0. The summed E-state index contributed by atoms with van der Waals surface area (Å²) in [6, 6.07) is 0. The van der Waals surface area contributed by atoms with Crippen LogP contribution in [0.5, 0.6) is 0 Å². The van der Waals surface area contributed by atoms with Gasteiger partial charge in [-0.2, -0.15) is 0 Å². The third-order valence-electron chi connectivity index (χ3n) is 1.50. The summed E-state index contributed by atoms with van der Waals surface area (Å²) < 4.78 is 10.4. The monoisotopic (exact) mass is 146 g/mol. The largest absolute Gasteiger partial charge is 0.348 e. The number of hydrogen-bond acceptors (Lipinski definition) is 2. The van der Waals surface area contributed by atoms with Crippen LogP contribution in [0.2, 0.25) is 0 Å². The Morgan fingerprint density at radius 2 is 2.33 bits per heavy atom. The molecule has 0 radical (unpaired) electrons. The average Bonchev–Trinajstić information content (AvgIpc) is 2.25. The molecule has 2 heterocycles. The van der Waals surface area contributed by atoms with E-state index in [1.807, 2.05) is 12.2 Å². The highest BCUT2D eigenvalue weighted by Gasteiger charge is 2.32. The van der Waals surface area contributed by atoms with E-state index >= 15 is 0 Å². The van der Waals surface area contributed by atoms with E-state index in [0.29, 0.717) is 6.61 Å². The minimum Gasteiger partial charge on any atom is -0.348 e. The van der Waals surface area contributed by atoms with Gasteiger partial charge in [-0.1, -0.05) is 12.2 Å². The van der Waals surface area contributed by atoms with Gasteiger partial charge in [0.1, 0.15) is 11.5 Å². The van der Waals surface area contributed by atoms with Crippen LogP contribution in [-0.2, 0) is 9.47 Å². The van der Waals surface area contributed by atoms with Gasteiger partial charge in [-0.15, -0.1) is 11.6 Å². The van der Waals surface area contributed by atoms with E-state index in [-0.39, 0.29) is 17.8 Å². The Kier molecular flexibility index (Phi) is 1.25. The second-order valence-corrected chi connectivity index (χ2v) is 2.71. The maximum atomic E-state index is 5.77. The molecule has 2 aliphatic rings. The lowest BCUT2D eigenvalue weighted by atomic mass is 10.2. The van der Waals surface area contributed by atoms with Crippen LogP contribution < -0.4 is 0 Å². The van der Waals surface area contributed by atoms with Crippen molar-refractivity contribution in [3.63, 3.8) is 0 Å². The predicted molar refractivity (Wildman–Crippen MR) is 33.4 cm³/mol. The SMILES string of the molecule is Cl[C@H]1C=C[C@H]2CO[C@@H]1O2. The first-order valence-electron chi connectivity index (χ1n) is 2.96. The van der Waals surface area contributed by atoms with Crippen LogP contribution in [0.4, 0.5) is 0 Å². The summed E-state index contributed by atoms with van der Waals surface area (Å²) in [7, 11) is 0. The van der Waals surface area contributed by atoms with Gasteiger partial charge in [0.05, 0.1) is 6.61 Å². The third-order valence-corrected chi connectivity index (χ3v) is 1.85. The van der Waals surface area contributed by atoms with Crippen LogP contribution in [0.15, 0.2) is 12.2 Å². The summed E-state index contributed by atoms with van der Waals surface area (Å²) in [6.45, 7) is 0.657. The zero-order chi connectivity index (χ0) is 6.27. The van der Waals surface area contributed by atoms with Gasteiger partial charge in [0.15, 0.2) is 6.29 Å². The summed E-state index contributed by atoms with van der Waals surface area (Å²) in [5, 5.41) is -0.0938. The van der Waals surface area contributed by atoms with Crippen LogP contribution in [0.1, 0.15) is 0 Å². The molecule has 2 rings (SSSR count). The lowest BCUT2D eigenvalue weighted by molar-refractivity contribution is -0.0492. The topological polar surface area (TPSA) is 18.5 Å². The molecule has 2 bridgehead atoms. The third kappa shape index (κ3) is 0.874. The minimum atomic E-state index is -0.193. The number of ether oxygens (including phenoxy) is 2. The van der Waals surface area contributed by atoms with Gasteiger partial charge < -0.3 is 9.47 Å². The molecule has 0 spiro atoms. The van der Waals surface area contributed by atoms with Gasteiger partial charge in [0.2, 0.25) is 0 Å². The van der Waals surface area contributed by atoms with Crippen molar-refractivity contribution in [2.45, 2.75) is 17.8 Å². The molecule has 50 valence electrons. The van der Waals surface area contributed by atoms with Crippen molar-refractivity contribution in [2.24, 2.45) is 0 Å². The van der Waals surface area contributed by atoms with E-state index in [4.69, 9.17) is 21.1 Å². The van der Waals surface area contributed by atoms with Gasteiger partial charge in [0.25, 0.3) is 0 Å². The average molecular weight is 147 g/mol. The highest BCUT2D eigenvalue weighted by Crippen LogP contribution is 2.24. The molecular formula is C6H7ClO2. The fraction of sp³-hybridized carbons (Fsp3) is 0.667. The summed E-state index contributed by atoms with van der Waals surface area (Å²) in [4.78, 5) is 0. The van der Waals surface area contributed by atoms with Crippen molar-refractivity contribution in [1.82, 2.24) is 0 Å². The predicted octanol–water partition coefficient (Wildman–Crippen LogP) is 0.905. The maximum Gasteiger partial charge on any atom is 0.178 e. The first kappa shape index (κ1) is 5.71. The molecule has 2 nitrogen and oxygen atoms in total. The summed E-state index contributed by atoms with van der Waals surface area (Å²) in [6.07, 6.45) is 3.83. The highest BCUT2D eigenvalue weighted by molar-refractivity contribution is 6.22. The van der Waals surface area contributed by atoms with Crippen molar-refractivity contribution in [1.29, 1.82) is 0 Å². The van der Waals surface area contributed by atoms with E-state index < -0.39 is 0 Å².